The Morgan fingerprint density at radius 1 is 1.19 bits per heavy atom. The lowest BCUT2D eigenvalue weighted by molar-refractivity contribution is -0.122. The molecule has 0 fully saturated rings. The normalized spacial score (nSPS) is 12.1. The fourth-order valence-corrected chi connectivity index (χ4v) is 3.64. The van der Waals surface area contributed by atoms with Crippen molar-refractivity contribution in [3.63, 3.8) is 0 Å². The largest absolute Gasteiger partial charge is 0.481 e. The summed E-state index contributed by atoms with van der Waals surface area (Å²) in [6, 6.07) is 13.3. The number of anilines is 1. The predicted molar refractivity (Wildman–Crippen MR) is 106 cm³/mol. The van der Waals surface area contributed by atoms with E-state index in [2.05, 4.69) is 12.2 Å². The summed E-state index contributed by atoms with van der Waals surface area (Å²) in [5.41, 5.74) is 2.75. The van der Waals surface area contributed by atoms with E-state index in [9.17, 15) is 9.59 Å². The van der Waals surface area contributed by atoms with Gasteiger partial charge >= 0.3 is 4.87 Å². The molecule has 0 unspecified atom stereocenters. The maximum atomic E-state index is 12.6. The van der Waals surface area contributed by atoms with Gasteiger partial charge in [0, 0.05) is 12.7 Å². The molecular formula is C20H22N2O3S. The van der Waals surface area contributed by atoms with Crippen molar-refractivity contribution in [1.82, 2.24) is 4.57 Å². The van der Waals surface area contributed by atoms with E-state index >= 15 is 0 Å². The summed E-state index contributed by atoms with van der Waals surface area (Å²) in [6.07, 6.45) is 0.946. The molecule has 2 aromatic carbocycles. The van der Waals surface area contributed by atoms with Crippen molar-refractivity contribution >= 4 is 33.1 Å². The van der Waals surface area contributed by atoms with Gasteiger partial charge in [-0.1, -0.05) is 37.3 Å². The minimum atomic E-state index is -0.576. The van der Waals surface area contributed by atoms with Crippen LogP contribution in [0.3, 0.4) is 0 Å². The predicted octanol–water partition coefficient (Wildman–Crippen LogP) is 3.96. The standard InChI is InChI=1S/C20H22N2O3S/c1-4-13-6-9-15(10-7-13)25-17(5-2)19(23)21-14-8-11-16-18(12-14)26-20(24)22(16)3/h6-12,17H,4-5H2,1-3H3,(H,21,23)/t17-/m1/s1. The van der Waals surface area contributed by atoms with Crippen molar-refractivity contribution in [2.75, 3.05) is 5.32 Å². The van der Waals surface area contributed by atoms with E-state index in [1.54, 1.807) is 17.7 Å². The van der Waals surface area contributed by atoms with Crippen molar-refractivity contribution in [3.05, 3.63) is 57.7 Å². The number of ether oxygens (including phenoxy) is 1. The van der Waals surface area contributed by atoms with Crippen LogP contribution in [0.2, 0.25) is 0 Å². The molecule has 1 N–H and O–H groups in total. The van der Waals surface area contributed by atoms with Gasteiger partial charge in [-0.3, -0.25) is 9.59 Å². The van der Waals surface area contributed by atoms with Crippen LogP contribution in [0.5, 0.6) is 5.75 Å². The molecule has 1 heterocycles. The van der Waals surface area contributed by atoms with Crippen LogP contribution in [0.25, 0.3) is 10.2 Å². The highest BCUT2D eigenvalue weighted by molar-refractivity contribution is 7.16. The van der Waals surface area contributed by atoms with Gasteiger partial charge in [0.15, 0.2) is 6.10 Å². The lowest BCUT2D eigenvalue weighted by Crippen LogP contribution is -2.32. The third kappa shape index (κ3) is 3.80. The summed E-state index contributed by atoms with van der Waals surface area (Å²) in [7, 11) is 1.74. The van der Waals surface area contributed by atoms with Crippen LogP contribution in [-0.4, -0.2) is 16.6 Å². The molecule has 3 rings (SSSR count). The number of hydrogen-bond donors (Lipinski definition) is 1. The molecule has 26 heavy (non-hydrogen) atoms. The second kappa shape index (κ2) is 7.74. The SMILES string of the molecule is CCc1ccc(O[C@H](CC)C(=O)Nc2ccc3c(c2)sc(=O)n3C)cc1. The van der Waals surface area contributed by atoms with E-state index in [0.29, 0.717) is 17.9 Å². The van der Waals surface area contributed by atoms with Crippen LogP contribution >= 0.6 is 11.3 Å². The minimum Gasteiger partial charge on any atom is -0.481 e. The number of aromatic nitrogens is 1. The van der Waals surface area contributed by atoms with Gasteiger partial charge in [-0.05, 0) is 48.7 Å². The number of thiazole rings is 1. The average Bonchev–Trinajstić information content (AvgIpc) is 2.93. The lowest BCUT2D eigenvalue weighted by Gasteiger charge is -2.17. The Bertz CT molecular complexity index is 973. The number of benzene rings is 2. The van der Waals surface area contributed by atoms with Gasteiger partial charge in [-0.25, -0.2) is 0 Å². The highest BCUT2D eigenvalue weighted by Gasteiger charge is 2.19. The van der Waals surface area contributed by atoms with E-state index in [1.807, 2.05) is 43.3 Å². The zero-order valence-corrected chi connectivity index (χ0v) is 15.9. The van der Waals surface area contributed by atoms with Gasteiger partial charge in [0.05, 0.1) is 10.2 Å². The van der Waals surface area contributed by atoms with Crippen molar-refractivity contribution in [1.29, 1.82) is 0 Å². The number of amides is 1. The Morgan fingerprint density at radius 3 is 2.58 bits per heavy atom. The first-order chi connectivity index (χ1) is 12.5. The summed E-state index contributed by atoms with van der Waals surface area (Å²) < 4.78 is 8.29. The second-order valence-corrected chi connectivity index (χ2v) is 7.10. The van der Waals surface area contributed by atoms with Crippen LogP contribution in [0, 0.1) is 0 Å². The molecule has 5 nitrogen and oxygen atoms in total. The third-order valence-corrected chi connectivity index (χ3v) is 5.33. The van der Waals surface area contributed by atoms with Crippen LogP contribution in [0.4, 0.5) is 5.69 Å². The number of carbonyl (C=O) groups excluding carboxylic acids is 1. The average molecular weight is 370 g/mol. The molecular weight excluding hydrogens is 348 g/mol. The lowest BCUT2D eigenvalue weighted by atomic mass is 10.1. The Morgan fingerprint density at radius 2 is 1.92 bits per heavy atom. The highest BCUT2D eigenvalue weighted by atomic mass is 32.1. The maximum absolute atomic E-state index is 12.6. The Labute approximate surface area is 156 Å². The molecule has 0 saturated carbocycles. The van der Waals surface area contributed by atoms with Gasteiger partial charge in [0.2, 0.25) is 0 Å². The topological polar surface area (TPSA) is 60.3 Å². The quantitative estimate of drug-likeness (QED) is 0.714. The van der Waals surface area contributed by atoms with Gasteiger partial charge < -0.3 is 14.6 Å². The van der Waals surface area contributed by atoms with E-state index in [1.165, 1.54) is 16.9 Å². The Balaban J connectivity index is 1.73. The Hall–Kier alpha value is -2.60. The first-order valence-electron chi connectivity index (χ1n) is 8.67. The smallest absolute Gasteiger partial charge is 0.307 e. The second-order valence-electron chi connectivity index (χ2n) is 6.11. The molecule has 136 valence electrons. The highest BCUT2D eigenvalue weighted by Crippen LogP contribution is 2.22. The first-order valence-corrected chi connectivity index (χ1v) is 9.49. The van der Waals surface area contributed by atoms with Crippen LogP contribution in [0.15, 0.2) is 47.3 Å². The molecule has 0 spiro atoms. The molecule has 0 aliphatic rings. The van der Waals surface area contributed by atoms with E-state index < -0.39 is 6.10 Å². The van der Waals surface area contributed by atoms with Gasteiger partial charge in [-0.2, -0.15) is 0 Å². The molecule has 3 aromatic rings. The summed E-state index contributed by atoms with van der Waals surface area (Å²) in [5, 5.41) is 2.89. The molecule has 1 amide bonds. The van der Waals surface area contributed by atoms with Crippen molar-refractivity contribution in [2.45, 2.75) is 32.8 Å². The molecule has 1 atom stereocenters. The maximum Gasteiger partial charge on any atom is 0.307 e. The summed E-state index contributed by atoms with van der Waals surface area (Å²) in [5.74, 6) is 0.482. The zero-order valence-electron chi connectivity index (χ0n) is 15.1. The number of nitrogens with one attached hydrogen (secondary N) is 1. The number of fused-ring (bicyclic) bond motifs is 1. The first kappa shape index (κ1) is 18.2. The number of rotatable bonds is 6. The molecule has 0 aliphatic heterocycles. The zero-order chi connectivity index (χ0) is 18.7. The molecule has 0 bridgehead atoms. The van der Waals surface area contributed by atoms with Crippen LogP contribution < -0.4 is 14.9 Å². The molecule has 6 heteroatoms. The summed E-state index contributed by atoms with van der Waals surface area (Å²) >= 11 is 1.17. The van der Waals surface area contributed by atoms with E-state index in [-0.39, 0.29) is 10.8 Å². The molecule has 0 saturated heterocycles. The number of aryl methyl sites for hydroxylation is 2. The summed E-state index contributed by atoms with van der Waals surface area (Å²) in [6.45, 7) is 4.01. The van der Waals surface area contributed by atoms with Crippen molar-refractivity contribution < 1.29 is 9.53 Å². The van der Waals surface area contributed by atoms with Gasteiger partial charge in [0.1, 0.15) is 5.75 Å². The third-order valence-electron chi connectivity index (χ3n) is 4.33. The van der Waals surface area contributed by atoms with E-state index in [4.69, 9.17) is 4.74 Å². The monoisotopic (exact) mass is 370 g/mol. The van der Waals surface area contributed by atoms with Crippen molar-refractivity contribution in [3.8, 4) is 5.75 Å². The molecule has 0 radical (unpaired) electrons. The van der Waals surface area contributed by atoms with E-state index in [0.717, 1.165) is 16.6 Å². The van der Waals surface area contributed by atoms with Gasteiger partial charge in [0.25, 0.3) is 5.91 Å². The number of carbonyl (C=O) groups is 1. The number of nitrogens with zero attached hydrogens (tertiary/aromatic N) is 1. The Kier molecular flexibility index (Phi) is 5.42. The van der Waals surface area contributed by atoms with Gasteiger partial charge in [-0.15, -0.1) is 0 Å². The fraction of sp³-hybridized carbons (Fsp3) is 0.300. The molecule has 1 aromatic heterocycles. The fourth-order valence-electron chi connectivity index (χ4n) is 2.72. The van der Waals surface area contributed by atoms with Crippen LogP contribution in [0.1, 0.15) is 25.8 Å². The molecule has 0 aliphatic carbocycles. The summed E-state index contributed by atoms with van der Waals surface area (Å²) in [4.78, 5) is 24.3. The number of hydrogen-bond acceptors (Lipinski definition) is 4. The van der Waals surface area contributed by atoms with Crippen molar-refractivity contribution in [2.24, 2.45) is 7.05 Å². The minimum absolute atomic E-state index is 0.0197. The van der Waals surface area contributed by atoms with Crippen LogP contribution in [-0.2, 0) is 18.3 Å².